The van der Waals surface area contributed by atoms with Crippen LogP contribution in [-0.4, -0.2) is 46.7 Å². The van der Waals surface area contributed by atoms with E-state index in [1.54, 1.807) is 40.0 Å². The van der Waals surface area contributed by atoms with Gasteiger partial charge in [-0.25, -0.2) is 4.68 Å². The Bertz CT molecular complexity index is 994. The van der Waals surface area contributed by atoms with Gasteiger partial charge in [-0.2, -0.15) is 5.10 Å². The molecule has 0 radical (unpaired) electrons. The number of amides is 2. The topological polar surface area (TPSA) is 76.5 Å². The first-order chi connectivity index (χ1) is 14.1. The second-order valence-electron chi connectivity index (χ2n) is 6.34. The molecule has 3 rings (SSSR count). The molecule has 7 nitrogen and oxygen atoms in total. The van der Waals surface area contributed by atoms with Gasteiger partial charge >= 0.3 is 0 Å². The molecule has 1 heterocycles. The van der Waals surface area contributed by atoms with Crippen LogP contribution in [0.4, 0.5) is 5.69 Å². The number of para-hydroxylation sites is 1. The lowest BCUT2D eigenvalue weighted by Crippen LogP contribution is -2.30. The summed E-state index contributed by atoms with van der Waals surface area (Å²) in [5.41, 5.74) is 2.02. The molecule has 1 N–H and O–H groups in total. The molecule has 29 heavy (non-hydrogen) atoms. The Hall–Kier alpha value is -3.61. The zero-order valence-corrected chi connectivity index (χ0v) is 16.8. The van der Waals surface area contributed by atoms with Crippen LogP contribution in [0.5, 0.6) is 5.75 Å². The van der Waals surface area contributed by atoms with Crippen molar-refractivity contribution in [2.24, 2.45) is 0 Å². The van der Waals surface area contributed by atoms with Gasteiger partial charge in [0.15, 0.2) is 11.4 Å². The molecule has 0 bridgehead atoms. The van der Waals surface area contributed by atoms with Gasteiger partial charge < -0.3 is 15.0 Å². The Balaban J connectivity index is 1.83. The SMILES string of the molecule is CCN(CC)C(=O)c1cccc(NC(=O)c2nn(-c3ccccc3)cc2OC)c1. The van der Waals surface area contributed by atoms with E-state index >= 15 is 0 Å². The van der Waals surface area contributed by atoms with E-state index in [4.69, 9.17) is 4.74 Å². The quantitative estimate of drug-likeness (QED) is 0.666. The minimum absolute atomic E-state index is 0.0722. The van der Waals surface area contributed by atoms with Crippen molar-refractivity contribution >= 4 is 17.5 Å². The largest absolute Gasteiger partial charge is 0.493 e. The van der Waals surface area contributed by atoms with Crippen molar-refractivity contribution < 1.29 is 14.3 Å². The van der Waals surface area contributed by atoms with Crippen LogP contribution in [0, 0.1) is 0 Å². The number of anilines is 1. The molecule has 150 valence electrons. The smallest absolute Gasteiger partial charge is 0.280 e. The van der Waals surface area contributed by atoms with Crippen molar-refractivity contribution in [1.29, 1.82) is 0 Å². The number of rotatable bonds is 7. The fourth-order valence-corrected chi connectivity index (χ4v) is 2.99. The van der Waals surface area contributed by atoms with Crippen molar-refractivity contribution in [3.63, 3.8) is 0 Å². The normalized spacial score (nSPS) is 10.4. The summed E-state index contributed by atoms with van der Waals surface area (Å²) in [6.07, 6.45) is 1.66. The van der Waals surface area contributed by atoms with Gasteiger partial charge in [-0.05, 0) is 44.2 Å². The summed E-state index contributed by atoms with van der Waals surface area (Å²) in [6.45, 7) is 5.12. The molecule has 2 aromatic carbocycles. The van der Waals surface area contributed by atoms with Crippen LogP contribution in [0.3, 0.4) is 0 Å². The van der Waals surface area contributed by atoms with Crippen molar-refractivity contribution in [2.45, 2.75) is 13.8 Å². The predicted octanol–water partition coefficient (Wildman–Crippen LogP) is 3.62. The first kappa shape index (κ1) is 20.1. The molecule has 0 aliphatic carbocycles. The van der Waals surface area contributed by atoms with Gasteiger partial charge in [-0.3, -0.25) is 9.59 Å². The molecule has 2 amide bonds. The van der Waals surface area contributed by atoms with Crippen LogP contribution in [0.2, 0.25) is 0 Å². The van der Waals surface area contributed by atoms with Gasteiger partial charge in [0.25, 0.3) is 11.8 Å². The molecular formula is C22H24N4O3. The summed E-state index contributed by atoms with van der Waals surface area (Å²) in [5, 5.41) is 7.17. The van der Waals surface area contributed by atoms with Crippen LogP contribution in [0.25, 0.3) is 5.69 Å². The molecule has 3 aromatic rings. The number of ether oxygens (including phenoxy) is 1. The minimum atomic E-state index is -0.413. The maximum Gasteiger partial charge on any atom is 0.280 e. The first-order valence-corrected chi connectivity index (χ1v) is 9.47. The Morgan fingerprint density at radius 2 is 1.79 bits per heavy atom. The van der Waals surface area contributed by atoms with Gasteiger partial charge in [0.05, 0.1) is 19.0 Å². The van der Waals surface area contributed by atoms with E-state index in [0.29, 0.717) is 30.1 Å². The highest BCUT2D eigenvalue weighted by molar-refractivity contribution is 6.05. The van der Waals surface area contributed by atoms with E-state index in [9.17, 15) is 9.59 Å². The van der Waals surface area contributed by atoms with E-state index in [0.717, 1.165) is 5.69 Å². The minimum Gasteiger partial charge on any atom is -0.493 e. The van der Waals surface area contributed by atoms with Crippen LogP contribution < -0.4 is 10.1 Å². The molecule has 0 saturated carbocycles. The van der Waals surface area contributed by atoms with E-state index in [1.165, 1.54) is 7.11 Å². The summed E-state index contributed by atoms with van der Waals surface area (Å²) in [6, 6.07) is 16.3. The molecule has 0 aliphatic heterocycles. The highest BCUT2D eigenvalue weighted by Crippen LogP contribution is 2.21. The second-order valence-corrected chi connectivity index (χ2v) is 6.34. The monoisotopic (exact) mass is 392 g/mol. The Morgan fingerprint density at radius 3 is 2.45 bits per heavy atom. The van der Waals surface area contributed by atoms with Crippen LogP contribution in [-0.2, 0) is 0 Å². The van der Waals surface area contributed by atoms with E-state index < -0.39 is 5.91 Å². The number of hydrogen-bond donors (Lipinski definition) is 1. The molecule has 7 heteroatoms. The molecule has 1 aromatic heterocycles. The lowest BCUT2D eigenvalue weighted by molar-refractivity contribution is 0.0772. The van der Waals surface area contributed by atoms with Gasteiger partial charge in [0, 0.05) is 24.3 Å². The summed E-state index contributed by atoms with van der Waals surface area (Å²) < 4.78 is 6.92. The zero-order valence-electron chi connectivity index (χ0n) is 16.8. The molecule has 0 unspecified atom stereocenters. The number of carbonyl (C=O) groups is 2. The third kappa shape index (κ3) is 4.45. The van der Waals surface area contributed by atoms with Crippen molar-refractivity contribution in [3.05, 3.63) is 72.1 Å². The summed E-state index contributed by atoms with van der Waals surface area (Å²) >= 11 is 0. The Kier molecular flexibility index (Phi) is 6.29. The maximum absolute atomic E-state index is 12.8. The number of carbonyl (C=O) groups excluding carboxylic acids is 2. The molecule has 0 fully saturated rings. The van der Waals surface area contributed by atoms with E-state index in [2.05, 4.69) is 10.4 Å². The number of hydrogen-bond acceptors (Lipinski definition) is 4. The molecule has 0 saturated heterocycles. The van der Waals surface area contributed by atoms with Gasteiger partial charge in [-0.1, -0.05) is 24.3 Å². The van der Waals surface area contributed by atoms with Crippen molar-refractivity contribution in [3.8, 4) is 11.4 Å². The van der Waals surface area contributed by atoms with Crippen LogP contribution >= 0.6 is 0 Å². The number of aromatic nitrogens is 2. The summed E-state index contributed by atoms with van der Waals surface area (Å²) in [7, 11) is 1.49. The summed E-state index contributed by atoms with van der Waals surface area (Å²) in [4.78, 5) is 27.1. The van der Waals surface area contributed by atoms with E-state index in [1.807, 2.05) is 44.2 Å². The number of nitrogens with one attached hydrogen (secondary N) is 1. The van der Waals surface area contributed by atoms with Gasteiger partial charge in [0.2, 0.25) is 0 Å². The average molecular weight is 392 g/mol. The van der Waals surface area contributed by atoms with Crippen LogP contribution in [0.15, 0.2) is 60.8 Å². The lowest BCUT2D eigenvalue weighted by atomic mass is 10.1. The molecule has 0 atom stereocenters. The van der Waals surface area contributed by atoms with E-state index in [-0.39, 0.29) is 11.6 Å². The second kappa shape index (κ2) is 9.05. The highest BCUT2D eigenvalue weighted by Gasteiger charge is 2.19. The molecule has 0 aliphatic rings. The third-order valence-corrected chi connectivity index (χ3v) is 4.55. The third-order valence-electron chi connectivity index (χ3n) is 4.55. The predicted molar refractivity (Wildman–Crippen MR) is 112 cm³/mol. The fourth-order valence-electron chi connectivity index (χ4n) is 2.99. The Morgan fingerprint density at radius 1 is 1.07 bits per heavy atom. The van der Waals surface area contributed by atoms with Gasteiger partial charge in [0.1, 0.15) is 0 Å². The number of nitrogens with zero attached hydrogens (tertiary/aromatic N) is 3. The highest BCUT2D eigenvalue weighted by atomic mass is 16.5. The van der Waals surface area contributed by atoms with Crippen molar-refractivity contribution in [2.75, 3.05) is 25.5 Å². The Labute approximate surface area is 169 Å². The van der Waals surface area contributed by atoms with Gasteiger partial charge in [-0.15, -0.1) is 0 Å². The molecule has 0 spiro atoms. The number of benzene rings is 2. The maximum atomic E-state index is 12.8. The lowest BCUT2D eigenvalue weighted by Gasteiger charge is -2.19. The van der Waals surface area contributed by atoms with Crippen LogP contribution in [0.1, 0.15) is 34.7 Å². The summed E-state index contributed by atoms with van der Waals surface area (Å²) in [5.74, 6) is -0.122. The standard InChI is InChI=1S/C22H24N4O3/c1-4-25(5-2)22(28)16-10-9-11-17(14-16)23-21(27)20-19(29-3)15-26(24-20)18-12-7-6-8-13-18/h6-15H,4-5H2,1-3H3,(H,23,27). The first-order valence-electron chi connectivity index (χ1n) is 9.47. The van der Waals surface area contributed by atoms with Crippen molar-refractivity contribution in [1.82, 2.24) is 14.7 Å². The average Bonchev–Trinajstić information content (AvgIpc) is 3.20. The fraction of sp³-hybridized carbons (Fsp3) is 0.227. The molecular weight excluding hydrogens is 368 g/mol. The zero-order chi connectivity index (χ0) is 20.8. The number of methoxy groups -OCH3 is 1.